The molecule has 0 radical (unpaired) electrons. The first-order valence-corrected chi connectivity index (χ1v) is 6.93. The molecule has 0 bridgehead atoms. The number of hydrogen-bond donors (Lipinski definition) is 1. The van der Waals surface area contributed by atoms with E-state index >= 15 is 0 Å². The molecular formula is C17H22N2. The van der Waals surface area contributed by atoms with Gasteiger partial charge < -0.3 is 5.32 Å². The summed E-state index contributed by atoms with van der Waals surface area (Å²) in [6, 6.07) is 14.9. The van der Waals surface area contributed by atoms with Crippen molar-refractivity contribution in [3.63, 3.8) is 0 Å². The summed E-state index contributed by atoms with van der Waals surface area (Å²) >= 11 is 0. The lowest BCUT2D eigenvalue weighted by atomic mass is 9.98. The Hall–Kier alpha value is -1.67. The van der Waals surface area contributed by atoms with Crippen LogP contribution in [0.5, 0.6) is 0 Å². The minimum atomic E-state index is 0.597. The van der Waals surface area contributed by atoms with Gasteiger partial charge in [0.15, 0.2) is 0 Å². The van der Waals surface area contributed by atoms with Crippen molar-refractivity contribution in [1.82, 2.24) is 10.3 Å². The molecule has 0 spiro atoms. The number of benzene rings is 1. The van der Waals surface area contributed by atoms with Crippen molar-refractivity contribution < 1.29 is 0 Å². The molecule has 0 amide bonds. The van der Waals surface area contributed by atoms with Crippen LogP contribution in [-0.4, -0.2) is 11.5 Å². The van der Waals surface area contributed by atoms with Gasteiger partial charge in [-0.2, -0.15) is 0 Å². The van der Waals surface area contributed by atoms with Crippen molar-refractivity contribution in [2.75, 3.05) is 6.54 Å². The number of nitrogens with zero attached hydrogens (tertiary/aromatic N) is 1. The minimum absolute atomic E-state index is 0.597. The second-order valence-corrected chi connectivity index (χ2v) is 5.10. The lowest BCUT2D eigenvalue weighted by Gasteiger charge is -2.12. The molecule has 0 aliphatic carbocycles. The fourth-order valence-corrected chi connectivity index (χ4v) is 2.09. The highest BCUT2D eigenvalue weighted by molar-refractivity contribution is 5.18. The third kappa shape index (κ3) is 4.49. The van der Waals surface area contributed by atoms with Gasteiger partial charge in [-0.3, -0.25) is 4.98 Å². The Balaban J connectivity index is 1.71. The largest absolute Gasteiger partial charge is 0.311 e. The number of pyridine rings is 1. The van der Waals surface area contributed by atoms with Gasteiger partial charge in [0.1, 0.15) is 0 Å². The fraction of sp³-hybridized carbons (Fsp3) is 0.353. The van der Waals surface area contributed by atoms with Crippen LogP contribution in [0.4, 0.5) is 0 Å². The van der Waals surface area contributed by atoms with Crippen LogP contribution in [0, 0.1) is 6.92 Å². The summed E-state index contributed by atoms with van der Waals surface area (Å²) in [5.41, 5.74) is 3.73. The van der Waals surface area contributed by atoms with E-state index in [0.29, 0.717) is 5.92 Å². The lowest BCUT2D eigenvalue weighted by molar-refractivity contribution is 0.589. The zero-order valence-electron chi connectivity index (χ0n) is 11.8. The van der Waals surface area contributed by atoms with Gasteiger partial charge in [-0.05, 0) is 43.0 Å². The molecule has 1 N–H and O–H groups in total. The molecule has 1 atom stereocenters. The number of hydrogen-bond acceptors (Lipinski definition) is 2. The molecule has 19 heavy (non-hydrogen) atoms. The van der Waals surface area contributed by atoms with E-state index in [1.807, 2.05) is 6.20 Å². The highest BCUT2D eigenvalue weighted by Crippen LogP contribution is 2.17. The summed E-state index contributed by atoms with van der Waals surface area (Å²) in [6.07, 6.45) is 3.07. The molecule has 1 heterocycles. The Morgan fingerprint density at radius 1 is 1.11 bits per heavy atom. The predicted octanol–water partition coefficient (Wildman–Crippen LogP) is 3.67. The van der Waals surface area contributed by atoms with E-state index in [4.69, 9.17) is 0 Å². The maximum Gasteiger partial charge on any atom is 0.0541 e. The third-order valence-corrected chi connectivity index (χ3v) is 3.40. The molecular weight excluding hydrogens is 232 g/mol. The first kappa shape index (κ1) is 13.8. The van der Waals surface area contributed by atoms with E-state index in [2.05, 4.69) is 66.6 Å². The minimum Gasteiger partial charge on any atom is -0.311 e. The summed E-state index contributed by atoms with van der Waals surface area (Å²) in [5, 5.41) is 3.46. The molecule has 1 unspecified atom stereocenters. The van der Waals surface area contributed by atoms with Crippen molar-refractivity contribution in [1.29, 1.82) is 0 Å². The van der Waals surface area contributed by atoms with Crippen LogP contribution < -0.4 is 5.32 Å². The molecule has 0 aliphatic heterocycles. The molecule has 0 aliphatic rings. The van der Waals surface area contributed by atoms with Gasteiger partial charge in [-0.25, -0.2) is 0 Å². The molecule has 1 aromatic heterocycles. The van der Waals surface area contributed by atoms with Gasteiger partial charge in [-0.1, -0.05) is 43.3 Å². The summed E-state index contributed by atoms with van der Waals surface area (Å²) < 4.78 is 0. The Morgan fingerprint density at radius 2 is 1.89 bits per heavy atom. The number of aryl methyl sites for hydroxylation is 1. The number of aromatic nitrogens is 1. The van der Waals surface area contributed by atoms with Gasteiger partial charge >= 0.3 is 0 Å². The first-order valence-electron chi connectivity index (χ1n) is 6.93. The second-order valence-electron chi connectivity index (χ2n) is 5.10. The van der Waals surface area contributed by atoms with Crippen LogP contribution in [0.25, 0.3) is 0 Å². The standard InChI is InChI=1S/C17H22N2/c1-14-8-9-17(19-12-14)13-18-11-10-15(2)16-6-4-3-5-7-16/h3-9,12,15,18H,10-11,13H2,1-2H3. The van der Waals surface area contributed by atoms with Gasteiger partial charge in [0.25, 0.3) is 0 Å². The van der Waals surface area contributed by atoms with E-state index in [9.17, 15) is 0 Å². The molecule has 0 fully saturated rings. The SMILES string of the molecule is Cc1ccc(CNCCC(C)c2ccccc2)nc1. The Kier molecular flexibility index (Phi) is 5.10. The summed E-state index contributed by atoms with van der Waals surface area (Å²) in [4.78, 5) is 4.39. The normalized spacial score (nSPS) is 12.3. The van der Waals surface area contributed by atoms with Crippen molar-refractivity contribution in [2.24, 2.45) is 0 Å². The van der Waals surface area contributed by atoms with Crippen LogP contribution >= 0.6 is 0 Å². The third-order valence-electron chi connectivity index (χ3n) is 3.40. The zero-order valence-corrected chi connectivity index (χ0v) is 11.8. The lowest BCUT2D eigenvalue weighted by Crippen LogP contribution is -2.17. The molecule has 100 valence electrons. The monoisotopic (exact) mass is 254 g/mol. The van der Waals surface area contributed by atoms with Crippen molar-refractivity contribution in [2.45, 2.75) is 32.7 Å². The van der Waals surface area contributed by atoms with Gasteiger partial charge in [0, 0.05) is 12.7 Å². The van der Waals surface area contributed by atoms with E-state index in [-0.39, 0.29) is 0 Å². The quantitative estimate of drug-likeness (QED) is 0.796. The second kappa shape index (κ2) is 7.05. The van der Waals surface area contributed by atoms with Gasteiger partial charge in [0.2, 0.25) is 0 Å². The smallest absolute Gasteiger partial charge is 0.0541 e. The van der Waals surface area contributed by atoms with Crippen LogP contribution in [0.2, 0.25) is 0 Å². The maximum absolute atomic E-state index is 4.39. The summed E-state index contributed by atoms with van der Waals surface area (Å²) in [6.45, 7) is 6.21. The summed E-state index contributed by atoms with van der Waals surface area (Å²) in [7, 11) is 0. The molecule has 2 nitrogen and oxygen atoms in total. The average Bonchev–Trinajstić information content (AvgIpc) is 2.46. The fourth-order valence-electron chi connectivity index (χ4n) is 2.09. The van der Waals surface area contributed by atoms with E-state index in [1.165, 1.54) is 11.1 Å². The van der Waals surface area contributed by atoms with E-state index < -0.39 is 0 Å². The first-order chi connectivity index (χ1) is 9.25. The molecule has 2 rings (SSSR count). The highest BCUT2D eigenvalue weighted by Gasteiger charge is 2.04. The molecule has 2 aromatic rings. The van der Waals surface area contributed by atoms with Crippen molar-refractivity contribution >= 4 is 0 Å². The summed E-state index contributed by atoms with van der Waals surface area (Å²) in [5.74, 6) is 0.597. The number of nitrogens with one attached hydrogen (secondary N) is 1. The van der Waals surface area contributed by atoms with Crippen LogP contribution in [0.1, 0.15) is 36.1 Å². The molecule has 2 heteroatoms. The zero-order chi connectivity index (χ0) is 13.5. The predicted molar refractivity (Wildman–Crippen MR) is 80.2 cm³/mol. The highest BCUT2D eigenvalue weighted by atomic mass is 14.9. The van der Waals surface area contributed by atoms with Gasteiger partial charge in [-0.15, -0.1) is 0 Å². The Bertz CT molecular complexity index is 476. The maximum atomic E-state index is 4.39. The molecule has 0 saturated carbocycles. The van der Waals surface area contributed by atoms with Gasteiger partial charge in [0.05, 0.1) is 5.69 Å². The Labute approximate surface area is 115 Å². The van der Waals surface area contributed by atoms with Crippen LogP contribution in [-0.2, 0) is 6.54 Å². The van der Waals surface area contributed by atoms with E-state index in [0.717, 1.165) is 25.2 Å². The topological polar surface area (TPSA) is 24.9 Å². The van der Waals surface area contributed by atoms with Crippen molar-refractivity contribution in [3.05, 3.63) is 65.5 Å². The van der Waals surface area contributed by atoms with Crippen molar-refractivity contribution in [3.8, 4) is 0 Å². The van der Waals surface area contributed by atoms with Crippen LogP contribution in [0.3, 0.4) is 0 Å². The van der Waals surface area contributed by atoms with E-state index in [1.54, 1.807) is 0 Å². The molecule has 1 aromatic carbocycles. The molecule has 0 saturated heterocycles. The number of rotatable bonds is 6. The average molecular weight is 254 g/mol. The Morgan fingerprint density at radius 3 is 2.58 bits per heavy atom. The van der Waals surface area contributed by atoms with Crippen LogP contribution in [0.15, 0.2) is 48.7 Å².